The van der Waals surface area contributed by atoms with E-state index in [2.05, 4.69) is 18.7 Å². The Hall–Kier alpha value is -2.13. The summed E-state index contributed by atoms with van der Waals surface area (Å²) in [5.41, 5.74) is 1.31. The number of likely N-dealkylation sites (N-methyl/N-ethyl adjacent to an activating group) is 1. The second-order valence-corrected chi connectivity index (χ2v) is 10.0. The number of benzene rings is 1. The van der Waals surface area contributed by atoms with E-state index >= 15 is 0 Å². The summed E-state index contributed by atoms with van der Waals surface area (Å²) in [5, 5.41) is 0. The molecule has 1 unspecified atom stereocenters. The third-order valence-corrected chi connectivity index (χ3v) is 7.81. The van der Waals surface area contributed by atoms with Crippen LogP contribution in [-0.2, 0) is 27.7 Å². The van der Waals surface area contributed by atoms with Crippen LogP contribution in [0.4, 0.5) is 0 Å². The molecule has 0 bridgehead atoms. The first kappa shape index (κ1) is 22.6. The molecule has 0 saturated carbocycles. The Labute approximate surface area is 178 Å². The highest BCUT2D eigenvalue weighted by Gasteiger charge is 2.35. The van der Waals surface area contributed by atoms with E-state index in [-0.39, 0.29) is 35.7 Å². The van der Waals surface area contributed by atoms with E-state index in [1.165, 1.54) is 4.57 Å². The normalized spacial score (nSPS) is 18.3. The molecule has 8 nitrogen and oxygen atoms in total. The summed E-state index contributed by atoms with van der Waals surface area (Å²) >= 11 is 0. The molecule has 1 amide bonds. The lowest BCUT2D eigenvalue weighted by Gasteiger charge is -2.31. The number of hydrogen-bond acceptors (Lipinski definition) is 5. The minimum Gasteiger partial charge on any atom is -0.336 e. The number of imidazole rings is 1. The fourth-order valence-corrected chi connectivity index (χ4v) is 6.01. The molecule has 2 heterocycles. The molecule has 1 fully saturated rings. The van der Waals surface area contributed by atoms with Gasteiger partial charge in [0.15, 0.2) is 9.84 Å². The lowest BCUT2D eigenvalue weighted by molar-refractivity contribution is -0.134. The van der Waals surface area contributed by atoms with Gasteiger partial charge < -0.3 is 9.80 Å². The third kappa shape index (κ3) is 4.62. The Morgan fingerprint density at radius 2 is 1.70 bits per heavy atom. The van der Waals surface area contributed by atoms with E-state index in [4.69, 9.17) is 0 Å². The highest BCUT2D eigenvalue weighted by atomic mass is 32.2. The first-order valence-corrected chi connectivity index (χ1v) is 12.5. The van der Waals surface area contributed by atoms with Gasteiger partial charge in [0.2, 0.25) is 5.91 Å². The van der Waals surface area contributed by atoms with Gasteiger partial charge in [-0.3, -0.25) is 13.9 Å². The van der Waals surface area contributed by atoms with E-state index in [0.29, 0.717) is 26.1 Å². The molecule has 9 heteroatoms. The Balaban J connectivity index is 1.89. The SMILES string of the molecule is CCN(CC)CCN(C(=O)Cn1c(=O)n(CC)c2ccccc21)C1CCS(=O)(=O)C1. The predicted molar refractivity (Wildman–Crippen MR) is 118 cm³/mol. The standard InChI is InChI=1S/C21H32N4O4S/c1-4-22(5-2)12-13-24(17-11-14-30(28,29)16-17)20(26)15-25-19-10-8-7-9-18(19)23(6-3)21(25)27/h7-10,17H,4-6,11-16H2,1-3H3. The van der Waals surface area contributed by atoms with Crippen molar-refractivity contribution in [3.8, 4) is 0 Å². The van der Waals surface area contributed by atoms with Gasteiger partial charge in [-0.1, -0.05) is 26.0 Å². The van der Waals surface area contributed by atoms with Crippen molar-refractivity contribution < 1.29 is 13.2 Å². The number of fused-ring (bicyclic) bond motifs is 1. The van der Waals surface area contributed by atoms with Crippen LogP contribution in [0.5, 0.6) is 0 Å². The molecular weight excluding hydrogens is 404 g/mol. The van der Waals surface area contributed by atoms with E-state index in [9.17, 15) is 18.0 Å². The predicted octanol–water partition coefficient (Wildman–Crippen LogP) is 1.18. The summed E-state index contributed by atoms with van der Waals surface area (Å²) in [6, 6.07) is 7.12. The molecule has 0 aliphatic carbocycles. The Morgan fingerprint density at radius 1 is 1.07 bits per heavy atom. The monoisotopic (exact) mass is 436 g/mol. The molecule has 0 N–H and O–H groups in total. The Morgan fingerprint density at radius 3 is 2.23 bits per heavy atom. The minimum atomic E-state index is -3.12. The number of aryl methyl sites for hydroxylation is 1. The Kier molecular flexibility index (Phi) is 7.02. The summed E-state index contributed by atoms with van der Waals surface area (Å²) in [6.07, 6.45) is 0.456. The van der Waals surface area contributed by atoms with Crippen LogP contribution in [0, 0.1) is 0 Å². The van der Waals surface area contributed by atoms with Crippen LogP contribution in [0.2, 0.25) is 0 Å². The average molecular weight is 437 g/mol. The van der Waals surface area contributed by atoms with Gasteiger partial charge in [0.05, 0.1) is 22.5 Å². The number of carbonyl (C=O) groups excluding carboxylic acids is 1. The van der Waals surface area contributed by atoms with Crippen LogP contribution in [-0.4, -0.2) is 77.0 Å². The molecule has 3 rings (SSSR count). The van der Waals surface area contributed by atoms with Crippen molar-refractivity contribution in [1.82, 2.24) is 18.9 Å². The summed E-state index contributed by atoms with van der Waals surface area (Å²) in [6.45, 7) is 9.34. The van der Waals surface area contributed by atoms with Crippen molar-refractivity contribution in [3.63, 3.8) is 0 Å². The molecule has 0 radical (unpaired) electrons. The number of nitrogens with zero attached hydrogens (tertiary/aromatic N) is 4. The van der Waals surface area contributed by atoms with Crippen LogP contribution in [0.25, 0.3) is 11.0 Å². The quantitative estimate of drug-likeness (QED) is 0.589. The van der Waals surface area contributed by atoms with Crippen LogP contribution >= 0.6 is 0 Å². The van der Waals surface area contributed by atoms with Crippen LogP contribution in [0.3, 0.4) is 0 Å². The fourth-order valence-electron chi connectivity index (χ4n) is 4.28. The molecule has 1 aromatic heterocycles. The van der Waals surface area contributed by atoms with Crippen LogP contribution in [0.15, 0.2) is 29.1 Å². The van der Waals surface area contributed by atoms with Gasteiger partial charge in [0, 0.05) is 25.7 Å². The highest BCUT2D eigenvalue weighted by molar-refractivity contribution is 7.91. The number of rotatable bonds is 9. The molecule has 1 saturated heterocycles. The molecule has 1 aromatic carbocycles. The first-order chi connectivity index (χ1) is 14.3. The second kappa shape index (κ2) is 9.34. The average Bonchev–Trinajstić information content (AvgIpc) is 3.21. The van der Waals surface area contributed by atoms with Gasteiger partial charge in [-0.25, -0.2) is 13.2 Å². The van der Waals surface area contributed by atoms with Crippen molar-refractivity contribution in [1.29, 1.82) is 0 Å². The maximum Gasteiger partial charge on any atom is 0.329 e. The van der Waals surface area contributed by atoms with Crippen LogP contribution in [0.1, 0.15) is 27.2 Å². The van der Waals surface area contributed by atoms with E-state index in [0.717, 1.165) is 24.1 Å². The maximum absolute atomic E-state index is 13.3. The van der Waals surface area contributed by atoms with E-state index < -0.39 is 9.84 Å². The lowest BCUT2D eigenvalue weighted by Crippen LogP contribution is -2.47. The smallest absolute Gasteiger partial charge is 0.329 e. The molecule has 166 valence electrons. The largest absolute Gasteiger partial charge is 0.336 e. The van der Waals surface area contributed by atoms with Crippen molar-refractivity contribution in [2.75, 3.05) is 37.7 Å². The number of aromatic nitrogens is 2. The molecule has 0 spiro atoms. The molecular formula is C21H32N4O4S. The van der Waals surface area contributed by atoms with Crippen molar-refractivity contribution in [2.45, 2.75) is 46.3 Å². The van der Waals surface area contributed by atoms with Gasteiger partial charge in [-0.15, -0.1) is 0 Å². The van der Waals surface area contributed by atoms with Gasteiger partial charge in [-0.05, 0) is 38.6 Å². The van der Waals surface area contributed by atoms with E-state index in [1.807, 2.05) is 31.2 Å². The zero-order valence-electron chi connectivity index (χ0n) is 18.1. The molecule has 1 aliphatic heterocycles. The summed E-state index contributed by atoms with van der Waals surface area (Å²) in [5.74, 6) is -0.0879. The van der Waals surface area contributed by atoms with Crippen molar-refractivity contribution in [2.24, 2.45) is 0 Å². The Bertz CT molecular complexity index is 1050. The summed E-state index contributed by atoms with van der Waals surface area (Å²) in [4.78, 5) is 30.1. The van der Waals surface area contributed by atoms with Crippen LogP contribution < -0.4 is 5.69 Å². The van der Waals surface area contributed by atoms with Gasteiger partial charge in [-0.2, -0.15) is 0 Å². The number of sulfone groups is 1. The topological polar surface area (TPSA) is 84.6 Å². The number of para-hydroxylation sites is 2. The van der Waals surface area contributed by atoms with E-state index in [1.54, 1.807) is 9.47 Å². The third-order valence-electron chi connectivity index (χ3n) is 6.06. The second-order valence-electron chi connectivity index (χ2n) is 7.77. The fraction of sp³-hybridized carbons (Fsp3) is 0.619. The van der Waals surface area contributed by atoms with Gasteiger partial charge in [0.25, 0.3) is 0 Å². The number of carbonyl (C=O) groups is 1. The zero-order valence-corrected chi connectivity index (χ0v) is 18.9. The number of hydrogen-bond donors (Lipinski definition) is 0. The first-order valence-electron chi connectivity index (χ1n) is 10.7. The number of amides is 1. The van der Waals surface area contributed by atoms with Crippen molar-refractivity contribution >= 4 is 26.8 Å². The summed E-state index contributed by atoms with van der Waals surface area (Å²) in [7, 11) is -3.12. The maximum atomic E-state index is 13.3. The minimum absolute atomic E-state index is 0.00259. The van der Waals surface area contributed by atoms with Gasteiger partial charge >= 0.3 is 5.69 Å². The molecule has 30 heavy (non-hydrogen) atoms. The molecule has 2 aromatic rings. The van der Waals surface area contributed by atoms with Gasteiger partial charge in [0.1, 0.15) is 6.54 Å². The molecule has 1 atom stereocenters. The highest BCUT2D eigenvalue weighted by Crippen LogP contribution is 2.19. The molecule has 1 aliphatic rings. The zero-order chi connectivity index (χ0) is 21.9. The lowest BCUT2D eigenvalue weighted by atomic mass is 10.2. The summed E-state index contributed by atoms with van der Waals surface area (Å²) < 4.78 is 27.2. The van der Waals surface area contributed by atoms with Crippen molar-refractivity contribution in [3.05, 3.63) is 34.7 Å².